The predicted octanol–water partition coefficient (Wildman–Crippen LogP) is -1.11. The van der Waals surface area contributed by atoms with Gasteiger partial charge in [-0.3, -0.25) is 9.69 Å². The summed E-state index contributed by atoms with van der Waals surface area (Å²) in [5.74, 6) is -0.101. The Hall–Kier alpha value is -1.71. The average Bonchev–Trinajstić information content (AvgIpc) is 2.40. The molecule has 0 aromatic carbocycles. The van der Waals surface area contributed by atoms with E-state index in [1.165, 1.54) is 18.3 Å². The first-order valence-electron chi connectivity index (χ1n) is 6.61. The Kier molecular flexibility index (Phi) is 4.76. The van der Waals surface area contributed by atoms with Crippen molar-refractivity contribution in [3.63, 3.8) is 0 Å². The largest absolute Gasteiger partial charge is 0.384 e. The fourth-order valence-corrected chi connectivity index (χ4v) is 3.52. The van der Waals surface area contributed by atoms with Crippen LogP contribution in [0.4, 0.5) is 5.82 Å². The number of nitrogen functional groups attached to an aromatic ring is 1. The summed E-state index contributed by atoms with van der Waals surface area (Å²) in [6.07, 6.45) is 2.50. The van der Waals surface area contributed by atoms with Gasteiger partial charge in [-0.1, -0.05) is 0 Å². The van der Waals surface area contributed by atoms with E-state index in [1.54, 1.807) is 0 Å². The number of hydrogen-bond donors (Lipinski definition) is 3. The van der Waals surface area contributed by atoms with Gasteiger partial charge in [-0.05, 0) is 25.0 Å². The molecule has 9 heteroatoms. The van der Waals surface area contributed by atoms with Gasteiger partial charge in [0.05, 0.1) is 6.54 Å². The molecule has 0 aliphatic carbocycles. The van der Waals surface area contributed by atoms with Crippen molar-refractivity contribution in [2.75, 3.05) is 25.4 Å². The molecule has 1 saturated heterocycles. The summed E-state index contributed by atoms with van der Waals surface area (Å²) in [6, 6.07) is 2.72. The van der Waals surface area contributed by atoms with Gasteiger partial charge in [-0.2, -0.15) is 0 Å². The van der Waals surface area contributed by atoms with Crippen molar-refractivity contribution in [3.8, 4) is 0 Å². The van der Waals surface area contributed by atoms with Crippen LogP contribution in [-0.4, -0.2) is 49.9 Å². The van der Waals surface area contributed by atoms with Gasteiger partial charge < -0.3 is 11.5 Å². The molecule has 116 valence electrons. The summed E-state index contributed by atoms with van der Waals surface area (Å²) in [5, 5.41) is 0. The van der Waals surface area contributed by atoms with Crippen LogP contribution in [0.1, 0.15) is 12.8 Å². The number of sulfonamides is 1. The Morgan fingerprint density at radius 2 is 2.05 bits per heavy atom. The topological polar surface area (TPSA) is 131 Å². The van der Waals surface area contributed by atoms with Gasteiger partial charge in [0.2, 0.25) is 15.9 Å². The molecule has 1 aliphatic rings. The van der Waals surface area contributed by atoms with Crippen LogP contribution < -0.4 is 16.2 Å². The number of hydrogen-bond acceptors (Lipinski definition) is 6. The quantitative estimate of drug-likeness (QED) is 0.632. The molecule has 1 fully saturated rings. The van der Waals surface area contributed by atoms with Crippen LogP contribution in [0.25, 0.3) is 0 Å². The van der Waals surface area contributed by atoms with Crippen molar-refractivity contribution < 1.29 is 13.2 Å². The Bertz CT molecular complexity index is 594. The van der Waals surface area contributed by atoms with E-state index in [1.807, 2.05) is 4.90 Å². The lowest BCUT2D eigenvalue weighted by atomic mass is 10.1. The smallest absolute Gasteiger partial charge is 0.242 e. The summed E-state index contributed by atoms with van der Waals surface area (Å²) in [4.78, 5) is 16.6. The number of likely N-dealkylation sites (tertiary alicyclic amines) is 1. The van der Waals surface area contributed by atoms with Crippen molar-refractivity contribution in [1.82, 2.24) is 14.6 Å². The molecule has 0 bridgehead atoms. The average molecular weight is 313 g/mol. The third kappa shape index (κ3) is 4.38. The first-order chi connectivity index (χ1) is 9.87. The molecule has 0 radical (unpaired) electrons. The lowest BCUT2D eigenvalue weighted by molar-refractivity contribution is -0.119. The van der Waals surface area contributed by atoms with Crippen LogP contribution in [0.5, 0.6) is 0 Å². The van der Waals surface area contributed by atoms with Crippen LogP contribution in [-0.2, 0) is 14.8 Å². The fraction of sp³-hybridized carbons (Fsp3) is 0.500. The summed E-state index contributed by atoms with van der Waals surface area (Å²) >= 11 is 0. The number of nitrogens with one attached hydrogen (secondary N) is 1. The van der Waals surface area contributed by atoms with Gasteiger partial charge in [0.1, 0.15) is 10.7 Å². The van der Waals surface area contributed by atoms with E-state index >= 15 is 0 Å². The molecule has 2 heterocycles. The molecule has 0 atom stereocenters. The summed E-state index contributed by atoms with van der Waals surface area (Å²) < 4.78 is 27.0. The highest BCUT2D eigenvalue weighted by molar-refractivity contribution is 7.89. The van der Waals surface area contributed by atoms with Crippen molar-refractivity contribution in [1.29, 1.82) is 0 Å². The summed E-state index contributed by atoms with van der Waals surface area (Å²) in [5.41, 5.74) is 10.6. The molecule has 21 heavy (non-hydrogen) atoms. The van der Waals surface area contributed by atoms with Gasteiger partial charge in [0, 0.05) is 25.3 Å². The fourth-order valence-electron chi connectivity index (χ4n) is 2.27. The summed E-state index contributed by atoms with van der Waals surface area (Å²) in [7, 11) is -3.60. The van der Waals surface area contributed by atoms with E-state index in [9.17, 15) is 13.2 Å². The van der Waals surface area contributed by atoms with Gasteiger partial charge in [0.15, 0.2) is 0 Å². The zero-order chi connectivity index (χ0) is 15.5. The van der Waals surface area contributed by atoms with E-state index in [0.717, 1.165) is 0 Å². The van der Waals surface area contributed by atoms with Gasteiger partial charge in [-0.25, -0.2) is 18.1 Å². The second kappa shape index (κ2) is 6.37. The second-order valence-corrected chi connectivity index (χ2v) is 6.77. The predicted molar refractivity (Wildman–Crippen MR) is 77.6 cm³/mol. The molecular formula is C12H19N5O3S. The second-order valence-electron chi connectivity index (χ2n) is 5.06. The number of amides is 1. The Labute approximate surface area is 123 Å². The maximum atomic E-state index is 12.2. The SMILES string of the molecule is NC(=O)CN1CCC(NS(=O)(=O)c2ccc(N)nc2)CC1. The maximum absolute atomic E-state index is 12.2. The summed E-state index contributed by atoms with van der Waals surface area (Å²) in [6.45, 7) is 1.48. The number of aromatic nitrogens is 1. The van der Waals surface area contributed by atoms with Gasteiger partial charge >= 0.3 is 0 Å². The van der Waals surface area contributed by atoms with E-state index in [0.29, 0.717) is 25.9 Å². The lowest BCUT2D eigenvalue weighted by Gasteiger charge is -2.31. The molecule has 1 amide bonds. The number of nitrogens with zero attached hydrogens (tertiary/aromatic N) is 2. The molecule has 2 rings (SSSR count). The molecular weight excluding hydrogens is 294 g/mol. The van der Waals surface area contributed by atoms with Gasteiger partial charge in [-0.15, -0.1) is 0 Å². The molecule has 0 spiro atoms. The van der Waals surface area contributed by atoms with Crippen LogP contribution in [0.3, 0.4) is 0 Å². The minimum Gasteiger partial charge on any atom is -0.384 e. The first kappa shape index (κ1) is 15.7. The Morgan fingerprint density at radius 3 is 2.57 bits per heavy atom. The van der Waals surface area contributed by atoms with Crippen LogP contribution in [0.2, 0.25) is 0 Å². The maximum Gasteiger partial charge on any atom is 0.242 e. The van der Waals surface area contributed by atoms with E-state index in [2.05, 4.69) is 9.71 Å². The van der Waals surface area contributed by atoms with Crippen LogP contribution in [0, 0.1) is 0 Å². The van der Waals surface area contributed by atoms with E-state index < -0.39 is 10.0 Å². The zero-order valence-corrected chi connectivity index (χ0v) is 12.3. The van der Waals surface area contributed by atoms with E-state index in [-0.39, 0.29) is 29.2 Å². The third-order valence-corrected chi connectivity index (χ3v) is 4.86. The molecule has 8 nitrogen and oxygen atoms in total. The highest BCUT2D eigenvalue weighted by Crippen LogP contribution is 2.14. The third-order valence-electron chi connectivity index (χ3n) is 3.36. The number of primary amides is 1. The number of piperidine rings is 1. The van der Waals surface area contributed by atoms with Crippen LogP contribution in [0.15, 0.2) is 23.2 Å². The molecule has 1 aromatic rings. The highest BCUT2D eigenvalue weighted by atomic mass is 32.2. The number of nitrogens with two attached hydrogens (primary N) is 2. The van der Waals surface area contributed by atoms with Crippen molar-refractivity contribution in [2.24, 2.45) is 5.73 Å². The zero-order valence-electron chi connectivity index (χ0n) is 11.5. The normalized spacial score (nSPS) is 17.7. The highest BCUT2D eigenvalue weighted by Gasteiger charge is 2.25. The Morgan fingerprint density at radius 1 is 1.38 bits per heavy atom. The van der Waals surface area contributed by atoms with Crippen molar-refractivity contribution >= 4 is 21.7 Å². The van der Waals surface area contributed by atoms with Crippen molar-refractivity contribution in [3.05, 3.63) is 18.3 Å². The molecule has 1 aliphatic heterocycles. The lowest BCUT2D eigenvalue weighted by Crippen LogP contribution is -2.46. The number of rotatable bonds is 5. The molecule has 0 saturated carbocycles. The minimum atomic E-state index is -3.60. The number of pyridine rings is 1. The monoisotopic (exact) mass is 313 g/mol. The first-order valence-corrected chi connectivity index (χ1v) is 8.09. The van der Waals surface area contributed by atoms with E-state index in [4.69, 9.17) is 11.5 Å². The molecule has 5 N–H and O–H groups in total. The standard InChI is InChI=1S/C12H19N5O3S/c13-11-2-1-10(7-15-11)21(19,20)16-9-3-5-17(6-4-9)8-12(14)18/h1-2,7,9,16H,3-6,8H2,(H2,13,15)(H2,14,18). The number of carbonyl (C=O) groups is 1. The number of carbonyl (C=O) groups excluding carboxylic acids is 1. The Balaban J connectivity index is 1.93. The number of anilines is 1. The molecule has 1 aromatic heterocycles. The van der Waals surface area contributed by atoms with Crippen molar-refractivity contribution in [2.45, 2.75) is 23.8 Å². The molecule has 0 unspecified atom stereocenters. The van der Waals surface area contributed by atoms with Crippen LogP contribution >= 0.6 is 0 Å². The minimum absolute atomic E-state index is 0.0938. The van der Waals surface area contributed by atoms with Gasteiger partial charge in [0.25, 0.3) is 0 Å².